The molecule has 0 aromatic carbocycles. The topological polar surface area (TPSA) is 84.5 Å². The van der Waals surface area contributed by atoms with Gasteiger partial charge in [-0.25, -0.2) is 4.68 Å². The highest BCUT2D eigenvalue weighted by molar-refractivity contribution is 5.79. The molecule has 1 unspecified atom stereocenters. The van der Waals surface area contributed by atoms with Crippen molar-refractivity contribution in [3.63, 3.8) is 0 Å². The summed E-state index contributed by atoms with van der Waals surface area (Å²) < 4.78 is 1.92. The van der Waals surface area contributed by atoms with Gasteiger partial charge in [-0.15, -0.1) is 5.10 Å². The number of aliphatic hydroxyl groups is 1. The highest BCUT2D eigenvalue weighted by atomic mass is 16.3. The molecule has 1 aromatic heterocycles. The van der Waals surface area contributed by atoms with Crippen LogP contribution in [0.4, 0.5) is 0 Å². The minimum absolute atomic E-state index is 0.110. The number of hydrogen-bond acceptors (Lipinski definition) is 4. The number of piperidine rings is 3. The summed E-state index contributed by atoms with van der Waals surface area (Å²) in [5, 5.41) is 20.7. The zero-order valence-corrected chi connectivity index (χ0v) is 15.6. The number of quaternary nitrogens is 1. The summed E-state index contributed by atoms with van der Waals surface area (Å²) in [6.07, 6.45) is 10.9. The molecule has 3 N–H and O–H groups in total. The molecule has 1 aromatic rings. The Hall–Kier alpha value is -1.47. The Morgan fingerprint density at radius 3 is 2.88 bits per heavy atom. The number of nitrogens with zero attached hydrogens (tertiary/aromatic N) is 3. The van der Waals surface area contributed by atoms with Crippen molar-refractivity contribution in [3.05, 3.63) is 11.9 Å². The smallest absolute Gasteiger partial charge is 0.229 e. The Bertz CT molecular complexity index is 613. The van der Waals surface area contributed by atoms with E-state index in [0.29, 0.717) is 30.3 Å². The van der Waals surface area contributed by atoms with Crippen LogP contribution in [0.25, 0.3) is 0 Å². The second-order valence-electron chi connectivity index (χ2n) is 8.45. The fraction of sp³-hybridized carbons (Fsp3) is 0.842. The predicted molar refractivity (Wildman–Crippen MR) is 96.5 cm³/mol. The lowest BCUT2D eigenvalue weighted by molar-refractivity contribution is -0.945. The highest BCUT2D eigenvalue weighted by Crippen LogP contribution is 2.28. The molecule has 1 amide bonds. The van der Waals surface area contributed by atoms with E-state index in [0.717, 1.165) is 38.0 Å². The van der Waals surface area contributed by atoms with Gasteiger partial charge in [-0.3, -0.25) is 4.79 Å². The molecule has 7 heteroatoms. The lowest BCUT2D eigenvalue weighted by Crippen LogP contribution is -3.20. The van der Waals surface area contributed by atoms with E-state index in [-0.39, 0.29) is 12.5 Å². The van der Waals surface area contributed by atoms with Gasteiger partial charge in [0.1, 0.15) is 6.04 Å². The summed E-state index contributed by atoms with van der Waals surface area (Å²) in [7, 11) is 0. The van der Waals surface area contributed by atoms with Crippen molar-refractivity contribution in [1.29, 1.82) is 0 Å². The number of carbonyl (C=O) groups is 1. The molecule has 2 bridgehead atoms. The van der Waals surface area contributed by atoms with Crippen LogP contribution in [0.15, 0.2) is 6.20 Å². The summed E-state index contributed by atoms with van der Waals surface area (Å²) in [5.74, 6) is 1.02. The third-order valence-corrected chi connectivity index (χ3v) is 6.70. The number of carbonyl (C=O) groups excluding carboxylic acids is 1. The van der Waals surface area contributed by atoms with Crippen LogP contribution in [0.2, 0.25) is 0 Å². The molecule has 4 fully saturated rings. The number of amides is 1. The third-order valence-electron chi connectivity index (χ3n) is 6.70. The van der Waals surface area contributed by atoms with E-state index in [4.69, 9.17) is 5.11 Å². The predicted octanol–water partition coefficient (Wildman–Crippen LogP) is -0.445. The van der Waals surface area contributed by atoms with Crippen LogP contribution in [0.5, 0.6) is 0 Å². The second-order valence-corrected chi connectivity index (χ2v) is 8.45. The van der Waals surface area contributed by atoms with Gasteiger partial charge in [0, 0.05) is 38.1 Å². The van der Waals surface area contributed by atoms with Gasteiger partial charge in [-0.1, -0.05) is 24.5 Å². The van der Waals surface area contributed by atoms with Crippen molar-refractivity contribution in [2.24, 2.45) is 11.8 Å². The molecule has 4 atom stereocenters. The third kappa shape index (κ3) is 3.93. The minimum atomic E-state index is 0.110. The molecule has 4 aliphatic rings. The maximum atomic E-state index is 12.8. The number of aliphatic hydroxyl groups excluding tert-OH is 1. The Morgan fingerprint density at radius 2 is 2.15 bits per heavy atom. The van der Waals surface area contributed by atoms with Gasteiger partial charge in [0.15, 0.2) is 0 Å². The Balaban J connectivity index is 1.32. The molecular weight excluding hydrogens is 330 g/mol. The van der Waals surface area contributed by atoms with Crippen LogP contribution < -0.4 is 10.2 Å². The number of hydrogen-bond donors (Lipinski definition) is 3. The fourth-order valence-corrected chi connectivity index (χ4v) is 5.26. The molecule has 144 valence electrons. The average Bonchev–Trinajstić information content (AvgIpc) is 3.10. The maximum absolute atomic E-state index is 12.8. The molecule has 3 aliphatic heterocycles. The first-order chi connectivity index (χ1) is 12.7. The zero-order chi connectivity index (χ0) is 17.9. The monoisotopic (exact) mass is 362 g/mol. The minimum Gasteiger partial charge on any atom is -0.396 e. The average molecular weight is 362 g/mol. The number of rotatable bonds is 6. The van der Waals surface area contributed by atoms with E-state index in [1.807, 2.05) is 10.9 Å². The first-order valence-corrected chi connectivity index (χ1v) is 10.4. The second kappa shape index (κ2) is 8.05. The number of nitrogens with one attached hydrogen (secondary N) is 2. The summed E-state index contributed by atoms with van der Waals surface area (Å²) in [4.78, 5) is 14.4. The molecule has 0 spiro atoms. The Morgan fingerprint density at radius 1 is 1.31 bits per heavy atom. The van der Waals surface area contributed by atoms with Crippen molar-refractivity contribution in [1.82, 2.24) is 20.3 Å². The Labute approximate surface area is 155 Å². The van der Waals surface area contributed by atoms with E-state index in [2.05, 4.69) is 15.6 Å². The normalized spacial score (nSPS) is 31.9. The van der Waals surface area contributed by atoms with Gasteiger partial charge in [0.2, 0.25) is 5.91 Å². The summed E-state index contributed by atoms with van der Waals surface area (Å²) in [5.41, 5.74) is 0.850. The van der Waals surface area contributed by atoms with Crippen LogP contribution >= 0.6 is 0 Å². The van der Waals surface area contributed by atoms with Crippen LogP contribution in [-0.4, -0.2) is 57.8 Å². The van der Waals surface area contributed by atoms with Crippen molar-refractivity contribution in [2.45, 2.75) is 70.0 Å². The lowest BCUT2D eigenvalue weighted by Gasteiger charge is -2.46. The summed E-state index contributed by atoms with van der Waals surface area (Å²) in [6, 6.07) is 0.939. The maximum Gasteiger partial charge on any atom is 0.229 e. The SMILES string of the molecule is O=C(NC1CCCCC1)[C@H]1C[NH+]2CC[C@H]1C[C@@H]2Cn1cc(CCO)nn1. The molecule has 26 heavy (non-hydrogen) atoms. The first-order valence-electron chi connectivity index (χ1n) is 10.4. The van der Waals surface area contributed by atoms with Gasteiger partial charge in [-0.05, 0) is 18.8 Å². The van der Waals surface area contributed by atoms with Crippen LogP contribution in [0.1, 0.15) is 50.6 Å². The van der Waals surface area contributed by atoms with Crippen molar-refractivity contribution in [3.8, 4) is 0 Å². The molecule has 5 rings (SSSR count). The molecule has 1 saturated carbocycles. The van der Waals surface area contributed by atoms with Crippen LogP contribution in [-0.2, 0) is 17.8 Å². The molecule has 1 aliphatic carbocycles. The summed E-state index contributed by atoms with van der Waals surface area (Å²) in [6.45, 7) is 3.10. The standard InChI is InChI=1S/C19H31N5O2/c25-9-7-16-11-24(22-21-16)12-17-10-14-6-8-23(17)13-18(14)19(26)20-15-4-2-1-3-5-15/h11,14-15,17-18,25H,1-10,12-13H2,(H,20,26)/p+1/t14-,17+,18-/m0/s1. The van der Waals surface area contributed by atoms with E-state index in [9.17, 15) is 4.79 Å². The number of aromatic nitrogens is 3. The van der Waals surface area contributed by atoms with Gasteiger partial charge < -0.3 is 15.3 Å². The van der Waals surface area contributed by atoms with Crippen LogP contribution in [0, 0.1) is 11.8 Å². The van der Waals surface area contributed by atoms with Gasteiger partial charge in [-0.2, -0.15) is 0 Å². The lowest BCUT2D eigenvalue weighted by atomic mass is 9.75. The molecule has 7 nitrogen and oxygen atoms in total. The summed E-state index contributed by atoms with van der Waals surface area (Å²) >= 11 is 0. The van der Waals surface area contributed by atoms with Gasteiger partial charge in [0.25, 0.3) is 0 Å². The van der Waals surface area contributed by atoms with Crippen molar-refractivity contribution >= 4 is 5.91 Å². The highest BCUT2D eigenvalue weighted by Gasteiger charge is 2.46. The van der Waals surface area contributed by atoms with E-state index in [1.54, 1.807) is 4.90 Å². The fourth-order valence-electron chi connectivity index (χ4n) is 5.26. The largest absolute Gasteiger partial charge is 0.396 e. The molecular formula is C19H32N5O2+. The first kappa shape index (κ1) is 17.9. The van der Waals surface area contributed by atoms with Crippen molar-refractivity contribution in [2.75, 3.05) is 19.7 Å². The molecule has 3 saturated heterocycles. The quantitative estimate of drug-likeness (QED) is 0.640. The van der Waals surface area contributed by atoms with Crippen LogP contribution in [0.3, 0.4) is 0 Å². The molecule has 4 heterocycles. The molecule has 0 radical (unpaired) electrons. The van der Waals surface area contributed by atoms with E-state index < -0.39 is 0 Å². The van der Waals surface area contributed by atoms with E-state index >= 15 is 0 Å². The number of fused-ring (bicyclic) bond motifs is 3. The van der Waals surface area contributed by atoms with Crippen molar-refractivity contribution < 1.29 is 14.8 Å². The Kier molecular flexibility index (Phi) is 5.55. The zero-order valence-electron chi connectivity index (χ0n) is 15.6. The van der Waals surface area contributed by atoms with E-state index in [1.165, 1.54) is 32.2 Å². The van der Waals surface area contributed by atoms with Gasteiger partial charge in [0.05, 0.1) is 31.2 Å². The van der Waals surface area contributed by atoms with Gasteiger partial charge >= 0.3 is 0 Å².